The van der Waals surface area contributed by atoms with Crippen molar-refractivity contribution in [1.29, 1.82) is 0 Å². The highest BCUT2D eigenvalue weighted by molar-refractivity contribution is 5.89. The Bertz CT molecular complexity index is 675. The quantitative estimate of drug-likeness (QED) is 0.909. The zero-order chi connectivity index (χ0) is 16.1. The first-order valence-corrected chi connectivity index (χ1v) is 6.77. The Balaban J connectivity index is 1.98. The molecule has 0 radical (unpaired) electrons. The van der Waals surface area contributed by atoms with Gasteiger partial charge in [-0.25, -0.2) is 19.2 Å². The van der Waals surface area contributed by atoms with Crippen LogP contribution in [-0.4, -0.2) is 30.1 Å². The van der Waals surface area contributed by atoms with E-state index >= 15 is 0 Å². The van der Waals surface area contributed by atoms with E-state index in [1.807, 2.05) is 32.0 Å². The number of hydrogen-bond donors (Lipinski definition) is 2. The summed E-state index contributed by atoms with van der Waals surface area (Å²) in [6.07, 6.45) is 0. The van der Waals surface area contributed by atoms with Crippen molar-refractivity contribution in [3.63, 3.8) is 0 Å². The van der Waals surface area contributed by atoms with Crippen molar-refractivity contribution in [1.82, 2.24) is 15.3 Å². The number of amides is 2. The maximum Gasteiger partial charge on any atom is 0.319 e. The maximum absolute atomic E-state index is 13.4. The molecular weight excluding hydrogens is 285 g/mol. The summed E-state index contributed by atoms with van der Waals surface area (Å²) in [6.45, 7) is 2.01. The second kappa shape index (κ2) is 6.84. The third-order valence-electron chi connectivity index (χ3n) is 2.87. The summed E-state index contributed by atoms with van der Waals surface area (Å²) in [5, 5.41) is 5.05. The van der Waals surface area contributed by atoms with Crippen LogP contribution in [0.25, 0.3) is 0 Å². The van der Waals surface area contributed by atoms with Crippen molar-refractivity contribution >= 4 is 17.5 Å². The molecule has 7 heteroatoms. The predicted molar refractivity (Wildman–Crippen MR) is 83.4 cm³/mol. The fraction of sp³-hybridized carbons (Fsp3) is 0.267. The lowest BCUT2D eigenvalue weighted by molar-refractivity contribution is 0.251. The highest BCUT2D eigenvalue weighted by atomic mass is 19.1. The number of carbonyl (C=O) groups excluding carboxylic acids is 1. The fourth-order valence-electron chi connectivity index (χ4n) is 1.81. The molecule has 1 heterocycles. The summed E-state index contributed by atoms with van der Waals surface area (Å²) in [4.78, 5) is 22.2. The SMILES string of the molecule is Cc1cc(N(C)C)nc(CNC(=O)Nc2ccccc2F)n1. The third kappa shape index (κ3) is 4.15. The van der Waals surface area contributed by atoms with Gasteiger partial charge in [-0.3, -0.25) is 0 Å². The van der Waals surface area contributed by atoms with E-state index in [1.165, 1.54) is 12.1 Å². The number of aryl methyl sites for hydroxylation is 1. The van der Waals surface area contributed by atoms with Crippen LogP contribution in [-0.2, 0) is 6.54 Å². The minimum atomic E-state index is -0.512. The molecule has 0 fully saturated rings. The first-order valence-electron chi connectivity index (χ1n) is 6.77. The molecule has 0 spiro atoms. The highest BCUT2D eigenvalue weighted by Crippen LogP contribution is 2.12. The number of nitrogens with one attached hydrogen (secondary N) is 2. The molecule has 2 N–H and O–H groups in total. The molecule has 116 valence electrons. The zero-order valence-corrected chi connectivity index (χ0v) is 12.7. The Kier molecular flexibility index (Phi) is 4.88. The number of carbonyl (C=O) groups is 1. The molecule has 1 aromatic heterocycles. The number of aromatic nitrogens is 2. The molecule has 0 aliphatic rings. The van der Waals surface area contributed by atoms with E-state index < -0.39 is 11.8 Å². The summed E-state index contributed by atoms with van der Waals surface area (Å²) in [6, 6.07) is 7.31. The Labute approximate surface area is 128 Å². The normalized spacial score (nSPS) is 10.2. The van der Waals surface area contributed by atoms with Crippen LogP contribution in [0.4, 0.5) is 20.7 Å². The van der Waals surface area contributed by atoms with Crippen molar-refractivity contribution in [2.45, 2.75) is 13.5 Å². The lowest BCUT2D eigenvalue weighted by atomic mass is 10.3. The van der Waals surface area contributed by atoms with Crippen molar-refractivity contribution in [2.24, 2.45) is 0 Å². The van der Waals surface area contributed by atoms with Crippen LogP contribution in [0.15, 0.2) is 30.3 Å². The second-order valence-electron chi connectivity index (χ2n) is 4.97. The standard InChI is InChI=1S/C15H18FN5O/c1-10-8-14(21(2)3)20-13(18-10)9-17-15(22)19-12-7-5-4-6-11(12)16/h4-8H,9H2,1-3H3,(H2,17,19,22). The molecule has 1 aromatic carbocycles. The molecule has 0 atom stereocenters. The van der Waals surface area contributed by atoms with E-state index in [9.17, 15) is 9.18 Å². The van der Waals surface area contributed by atoms with Gasteiger partial charge in [0.05, 0.1) is 12.2 Å². The number of anilines is 2. The second-order valence-corrected chi connectivity index (χ2v) is 4.97. The molecule has 2 rings (SSSR count). The number of hydrogen-bond acceptors (Lipinski definition) is 4. The number of urea groups is 1. The van der Waals surface area contributed by atoms with Gasteiger partial charge in [0.25, 0.3) is 0 Å². The van der Waals surface area contributed by atoms with Crippen LogP contribution in [0.5, 0.6) is 0 Å². The van der Waals surface area contributed by atoms with Crippen molar-refractivity contribution < 1.29 is 9.18 Å². The lowest BCUT2D eigenvalue weighted by Gasteiger charge is -2.13. The van der Waals surface area contributed by atoms with E-state index in [0.717, 1.165) is 11.5 Å². The molecule has 0 bridgehead atoms. The lowest BCUT2D eigenvalue weighted by Crippen LogP contribution is -2.29. The summed E-state index contributed by atoms with van der Waals surface area (Å²) < 4.78 is 13.4. The van der Waals surface area contributed by atoms with Gasteiger partial charge < -0.3 is 15.5 Å². The minimum Gasteiger partial charge on any atom is -0.363 e. The van der Waals surface area contributed by atoms with Crippen LogP contribution in [0.1, 0.15) is 11.5 Å². The Morgan fingerprint density at radius 2 is 2.00 bits per heavy atom. The maximum atomic E-state index is 13.4. The van der Waals surface area contributed by atoms with Crippen LogP contribution < -0.4 is 15.5 Å². The summed E-state index contributed by atoms with van der Waals surface area (Å²) in [7, 11) is 3.76. The first kappa shape index (κ1) is 15.7. The average molecular weight is 303 g/mol. The van der Waals surface area contributed by atoms with Gasteiger partial charge in [0, 0.05) is 25.9 Å². The van der Waals surface area contributed by atoms with Gasteiger partial charge in [0.2, 0.25) is 0 Å². The van der Waals surface area contributed by atoms with E-state index in [4.69, 9.17) is 0 Å². The molecule has 22 heavy (non-hydrogen) atoms. The topological polar surface area (TPSA) is 70.2 Å². The average Bonchev–Trinajstić information content (AvgIpc) is 2.47. The largest absolute Gasteiger partial charge is 0.363 e. The van der Waals surface area contributed by atoms with Gasteiger partial charge in [-0.15, -0.1) is 0 Å². The van der Waals surface area contributed by atoms with Crippen LogP contribution in [0, 0.1) is 12.7 Å². The van der Waals surface area contributed by atoms with Crippen LogP contribution in [0.3, 0.4) is 0 Å². The number of halogens is 1. The predicted octanol–water partition coefficient (Wildman–Crippen LogP) is 2.31. The molecule has 0 saturated heterocycles. The van der Waals surface area contributed by atoms with Crippen molar-refractivity contribution in [2.75, 3.05) is 24.3 Å². The number of nitrogens with zero attached hydrogens (tertiary/aromatic N) is 3. The first-order chi connectivity index (χ1) is 10.5. The summed E-state index contributed by atoms with van der Waals surface area (Å²) in [5.74, 6) is 0.769. The molecule has 0 unspecified atom stereocenters. The fourth-order valence-corrected chi connectivity index (χ4v) is 1.81. The van der Waals surface area contributed by atoms with Gasteiger partial charge in [-0.2, -0.15) is 0 Å². The Morgan fingerprint density at radius 1 is 1.27 bits per heavy atom. The van der Waals surface area contributed by atoms with E-state index in [2.05, 4.69) is 20.6 Å². The summed E-state index contributed by atoms with van der Waals surface area (Å²) >= 11 is 0. The molecule has 6 nitrogen and oxygen atoms in total. The van der Waals surface area contributed by atoms with Crippen molar-refractivity contribution in [3.8, 4) is 0 Å². The number of benzene rings is 1. The van der Waals surface area contributed by atoms with Gasteiger partial charge in [0.15, 0.2) is 0 Å². The van der Waals surface area contributed by atoms with Gasteiger partial charge >= 0.3 is 6.03 Å². The van der Waals surface area contributed by atoms with Gasteiger partial charge in [0.1, 0.15) is 17.5 Å². The van der Waals surface area contributed by atoms with Crippen molar-refractivity contribution in [3.05, 3.63) is 47.7 Å². The van der Waals surface area contributed by atoms with E-state index in [0.29, 0.717) is 5.82 Å². The van der Waals surface area contributed by atoms with E-state index in [1.54, 1.807) is 12.1 Å². The molecule has 0 aliphatic carbocycles. The summed E-state index contributed by atoms with van der Waals surface area (Å²) in [5.41, 5.74) is 0.934. The van der Waals surface area contributed by atoms with Crippen LogP contribution in [0.2, 0.25) is 0 Å². The highest BCUT2D eigenvalue weighted by Gasteiger charge is 2.08. The molecular formula is C15H18FN5O. The minimum absolute atomic E-state index is 0.124. The zero-order valence-electron chi connectivity index (χ0n) is 12.7. The Morgan fingerprint density at radius 3 is 2.68 bits per heavy atom. The molecule has 2 aromatic rings. The molecule has 2 amide bonds. The Hall–Kier alpha value is -2.70. The van der Waals surface area contributed by atoms with Gasteiger partial charge in [-0.1, -0.05) is 12.1 Å². The van der Waals surface area contributed by atoms with E-state index in [-0.39, 0.29) is 12.2 Å². The monoisotopic (exact) mass is 303 g/mol. The van der Waals surface area contributed by atoms with Gasteiger partial charge in [-0.05, 0) is 19.1 Å². The molecule has 0 saturated carbocycles. The van der Waals surface area contributed by atoms with Crippen LogP contribution >= 0.6 is 0 Å². The smallest absolute Gasteiger partial charge is 0.319 e. The molecule has 0 aliphatic heterocycles. The number of para-hydroxylation sites is 1. The number of rotatable bonds is 4. The third-order valence-corrected chi connectivity index (χ3v) is 2.87.